The summed E-state index contributed by atoms with van der Waals surface area (Å²) in [6.45, 7) is 7.20. The van der Waals surface area contributed by atoms with Crippen LogP contribution in [0.3, 0.4) is 0 Å². The normalized spacial score (nSPS) is 10.9. The molecule has 0 bridgehead atoms. The number of methoxy groups -OCH3 is 1. The van der Waals surface area contributed by atoms with Gasteiger partial charge < -0.3 is 19.4 Å². The lowest BCUT2D eigenvalue weighted by atomic mass is 10.4. The van der Waals surface area contributed by atoms with E-state index in [-0.39, 0.29) is 0 Å². The highest BCUT2D eigenvalue weighted by Crippen LogP contribution is 2.02. The molecule has 0 amide bonds. The highest BCUT2D eigenvalue weighted by atomic mass is 16.5. The van der Waals surface area contributed by atoms with Gasteiger partial charge in [-0.05, 0) is 18.6 Å². The smallest absolute Gasteiger partial charge is 0.0645 e. The van der Waals surface area contributed by atoms with Crippen LogP contribution in [0, 0.1) is 0 Å². The van der Waals surface area contributed by atoms with E-state index in [2.05, 4.69) is 35.1 Å². The van der Waals surface area contributed by atoms with Crippen molar-refractivity contribution in [1.29, 1.82) is 0 Å². The summed E-state index contributed by atoms with van der Waals surface area (Å²) >= 11 is 0. The quantitative estimate of drug-likeness (QED) is 0.632. The van der Waals surface area contributed by atoms with Gasteiger partial charge in [-0.25, -0.2) is 0 Å². The second kappa shape index (κ2) is 9.22. The first kappa shape index (κ1) is 14.2. The molecule has 0 aliphatic heterocycles. The minimum Gasteiger partial charge on any atom is -0.383 e. The Kier molecular flexibility index (Phi) is 7.71. The number of rotatable bonds is 10. The molecular weight excluding hydrogens is 216 g/mol. The molecule has 1 aromatic heterocycles. The first-order valence-electron chi connectivity index (χ1n) is 6.30. The summed E-state index contributed by atoms with van der Waals surface area (Å²) in [5.74, 6) is 0. The largest absolute Gasteiger partial charge is 0.383 e. The first-order valence-corrected chi connectivity index (χ1v) is 6.30. The molecule has 4 nitrogen and oxygen atoms in total. The molecule has 0 radical (unpaired) electrons. The Morgan fingerprint density at radius 1 is 1.29 bits per heavy atom. The van der Waals surface area contributed by atoms with E-state index >= 15 is 0 Å². The number of hydrogen-bond donors (Lipinski definition) is 1. The van der Waals surface area contributed by atoms with Gasteiger partial charge in [-0.1, -0.05) is 6.92 Å². The van der Waals surface area contributed by atoms with E-state index in [4.69, 9.17) is 9.47 Å². The molecule has 0 spiro atoms. The van der Waals surface area contributed by atoms with Crippen molar-refractivity contribution in [1.82, 2.24) is 9.88 Å². The van der Waals surface area contributed by atoms with Crippen LogP contribution in [0.1, 0.15) is 19.0 Å². The molecule has 0 saturated heterocycles. The van der Waals surface area contributed by atoms with Crippen LogP contribution in [0.5, 0.6) is 0 Å². The lowest BCUT2D eigenvalue weighted by Crippen LogP contribution is -2.21. The summed E-state index contributed by atoms with van der Waals surface area (Å²) in [5.41, 5.74) is 1.29. The number of nitrogens with zero attached hydrogens (tertiary/aromatic N) is 1. The number of aromatic nitrogens is 1. The molecule has 17 heavy (non-hydrogen) atoms. The molecule has 0 saturated carbocycles. The van der Waals surface area contributed by atoms with E-state index in [1.54, 1.807) is 7.11 Å². The van der Waals surface area contributed by atoms with E-state index in [1.807, 2.05) is 0 Å². The fourth-order valence-corrected chi connectivity index (χ4v) is 1.63. The average Bonchev–Trinajstić information content (AvgIpc) is 2.78. The van der Waals surface area contributed by atoms with Crippen molar-refractivity contribution >= 4 is 0 Å². The summed E-state index contributed by atoms with van der Waals surface area (Å²) < 4.78 is 12.7. The minimum absolute atomic E-state index is 0.750. The molecule has 1 aromatic rings. The number of hydrogen-bond acceptors (Lipinski definition) is 3. The molecule has 1 N–H and O–H groups in total. The molecule has 0 aliphatic rings. The summed E-state index contributed by atoms with van der Waals surface area (Å²) in [7, 11) is 1.72. The van der Waals surface area contributed by atoms with Crippen LogP contribution in [0.4, 0.5) is 0 Å². The maximum atomic E-state index is 5.49. The zero-order valence-electron chi connectivity index (χ0n) is 10.9. The second-order valence-electron chi connectivity index (χ2n) is 3.97. The SMILES string of the molecule is CCCOCCn1cccc1CNCCOC. The van der Waals surface area contributed by atoms with Gasteiger partial charge in [0, 0.05) is 45.2 Å². The molecule has 1 rings (SSSR count). The highest BCUT2D eigenvalue weighted by Gasteiger charge is 2.00. The predicted octanol–water partition coefficient (Wildman–Crippen LogP) is 1.65. The highest BCUT2D eigenvalue weighted by molar-refractivity contribution is 5.06. The zero-order chi connectivity index (χ0) is 12.3. The van der Waals surface area contributed by atoms with Gasteiger partial charge in [0.1, 0.15) is 0 Å². The van der Waals surface area contributed by atoms with Gasteiger partial charge in [0.2, 0.25) is 0 Å². The maximum absolute atomic E-state index is 5.49. The first-order chi connectivity index (χ1) is 8.38. The predicted molar refractivity (Wildman–Crippen MR) is 69.1 cm³/mol. The third kappa shape index (κ3) is 5.86. The Morgan fingerprint density at radius 2 is 2.18 bits per heavy atom. The van der Waals surface area contributed by atoms with Gasteiger partial charge in [0.05, 0.1) is 13.2 Å². The summed E-state index contributed by atoms with van der Waals surface area (Å²) in [4.78, 5) is 0. The van der Waals surface area contributed by atoms with E-state index in [0.717, 1.165) is 45.9 Å². The minimum atomic E-state index is 0.750. The van der Waals surface area contributed by atoms with Gasteiger partial charge in [-0.3, -0.25) is 0 Å². The van der Waals surface area contributed by atoms with Crippen molar-refractivity contribution in [3.05, 3.63) is 24.0 Å². The number of ether oxygens (including phenoxy) is 2. The Hall–Kier alpha value is -0.840. The summed E-state index contributed by atoms with van der Waals surface area (Å²) in [5, 5.41) is 3.34. The van der Waals surface area contributed by atoms with Crippen molar-refractivity contribution < 1.29 is 9.47 Å². The Morgan fingerprint density at radius 3 is 2.94 bits per heavy atom. The van der Waals surface area contributed by atoms with Gasteiger partial charge >= 0.3 is 0 Å². The van der Waals surface area contributed by atoms with E-state index in [9.17, 15) is 0 Å². The van der Waals surface area contributed by atoms with Crippen molar-refractivity contribution in [2.75, 3.05) is 33.5 Å². The molecule has 1 heterocycles. The Balaban J connectivity index is 2.22. The summed E-state index contributed by atoms with van der Waals surface area (Å²) in [6, 6.07) is 4.22. The van der Waals surface area contributed by atoms with Crippen LogP contribution in [-0.4, -0.2) is 38.0 Å². The number of nitrogens with one attached hydrogen (secondary N) is 1. The average molecular weight is 240 g/mol. The van der Waals surface area contributed by atoms with Crippen molar-refractivity contribution in [3.63, 3.8) is 0 Å². The Bertz CT molecular complexity index is 260. The summed E-state index contributed by atoms with van der Waals surface area (Å²) in [6.07, 6.45) is 3.18. The van der Waals surface area contributed by atoms with Gasteiger partial charge in [-0.2, -0.15) is 0 Å². The monoisotopic (exact) mass is 240 g/mol. The molecular formula is C13H24N2O2. The van der Waals surface area contributed by atoms with E-state index < -0.39 is 0 Å². The van der Waals surface area contributed by atoms with Gasteiger partial charge in [-0.15, -0.1) is 0 Å². The van der Waals surface area contributed by atoms with Crippen LogP contribution in [0.15, 0.2) is 18.3 Å². The van der Waals surface area contributed by atoms with Gasteiger partial charge in [0.15, 0.2) is 0 Å². The molecule has 0 atom stereocenters. The third-order valence-corrected chi connectivity index (χ3v) is 2.54. The molecule has 0 aliphatic carbocycles. The topological polar surface area (TPSA) is 35.4 Å². The van der Waals surface area contributed by atoms with Crippen LogP contribution in [0.2, 0.25) is 0 Å². The fourth-order valence-electron chi connectivity index (χ4n) is 1.63. The van der Waals surface area contributed by atoms with Crippen LogP contribution in [0.25, 0.3) is 0 Å². The van der Waals surface area contributed by atoms with Gasteiger partial charge in [0.25, 0.3) is 0 Å². The standard InChI is InChI=1S/C13H24N2O2/c1-3-9-17-11-8-15-7-4-5-13(15)12-14-6-10-16-2/h4-5,7,14H,3,6,8-12H2,1-2H3. The molecule has 0 aromatic carbocycles. The lowest BCUT2D eigenvalue weighted by Gasteiger charge is -2.10. The van der Waals surface area contributed by atoms with Crippen molar-refractivity contribution in [2.45, 2.75) is 26.4 Å². The van der Waals surface area contributed by atoms with Crippen molar-refractivity contribution in [3.8, 4) is 0 Å². The molecule has 0 fully saturated rings. The molecule has 0 unspecified atom stereocenters. The van der Waals surface area contributed by atoms with Crippen molar-refractivity contribution in [2.24, 2.45) is 0 Å². The molecule has 98 valence electrons. The second-order valence-corrected chi connectivity index (χ2v) is 3.97. The maximum Gasteiger partial charge on any atom is 0.0645 e. The third-order valence-electron chi connectivity index (χ3n) is 2.54. The zero-order valence-corrected chi connectivity index (χ0v) is 10.9. The van der Waals surface area contributed by atoms with E-state index in [0.29, 0.717) is 0 Å². The van der Waals surface area contributed by atoms with E-state index in [1.165, 1.54) is 5.69 Å². The lowest BCUT2D eigenvalue weighted by molar-refractivity contribution is 0.126. The Labute approximate surface area is 104 Å². The van der Waals surface area contributed by atoms with Crippen LogP contribution in [-0.2, 0) is 22.6 Å². The van der Waals surface area contributed by atoms with Crippen LogP contribution >= 0.6 is 0 Å². The molecule has 4 heteroatoms. The fraction of sp³-hybridized carbons (Fsp3) is 0.692. The van der Waals surface area contributed by atoms with Crippen LogP contribution < -0.4 is 5.32 Å².